The molecule has 1 fully saturated rings. The Morgan fingerprint density at radius 3 is 2.83 bits per heavy atom. The maximum Gasteiger partial charge on any atom is 0.163 e. The van der Waals surface area contributed by atoms with E-state index in [-0.39, 0.29) is 11.9 Å². The van der Waals surface area contributed by atoms with Gasteiger partial charge in [0.1, 0.15) is 11.9 Å². The second kappa shape index (κ2) is 7.83. The molecule has 0 bridgehead atoms. The number of hydrogen-bond acceptors (Lipinski definition) is 4. The number of methoxy groups -OCH3 is 1. The summed E-state index contributed by atoms with van der Waals surface area (Å²) in [5.74, 6) is 0.415. The van der Waals surface area contributed by atoms with E-state index in [2.05, 4.69) is 5.32 Å². The molecule has 24 heavy (non-hydrogen) atoms. The SMILES string of the molecule is COc1cc(F)ccc1OC(c1cccc(Cl)c1)[C@@H]1CNCCO1. The van der Waals surface area contributed by atoms with Crippen LogP contribution in [0, 0.1) is 5.82 Å². The molecule has 0 aliphatic carbocycles. The second-order valence-corrected chi connectivity index (χ2v) is 5.94. The molecular weight excluding hydrogens is 333 g/mol. The summed E-state index contributed by atoms with van der Waals surface area (Å²) in [6.07, 6.45) is -0.581. The van der Waals surface area contributed by atoms with Crippen LogP contribution in [0.1, 0.15) is 11.7 Å². The maximum atomic E-state index is 13.4. The van der Waals surface area contributed by atoms with Crippen molar-refractivity contribution in [2.24, 2.45) is 0 Å². The first-order valence-corrected chi connectivity index (χ1v) is 8.13. The zero-order chi connectivity index (χ0) is 16.9. The number of benzene rings is 2. The normalized spacial score (nSPS) is 18.9. The van der Waals surface area contributed by atoms with Crippen molar-refractivity contribution in [3.63, 3.8) is 0 Å². The van der Waals surface area contributed by atoms with E-state index in [1.54, 1.807) is 12.1 Å². The Kier molecular flexibility index (Phi) is 5.56. The van der Waals surface area contributed by atoms with Crippen molar-refractivity contribution in [2.75, 3.05) is 26.8 Å². The highest BCUT2D eigenvalue weighted by Crippen LogP contribution is 2.34. The van der Waals surface area contributed by atoms with Crippen molar-refractivity contribution in [1.82, 2.24) is 5.32 Å². The van der Waals surface area contributed by atoms with Crippen molar-refractivity contribution in [3.8, 4) is 11.5 Å². The summed E-state index contributed by atoms with van der Waals surface area (Å²) in [4.78, 5) is 0. The van der Waals surface area contributed by atoms with Crippen LogP contribution < -0.4 is 14.8 Å². The highest BCUT2D eigenvalue weighted by atomic mass is 35.5. The van der Waals surface area contributed by atoms with Gasteiger partial charge in [-0.15, -0.1) is 0 Å². The molecule has 1 aliphatic rings. The van der Waals surface area contributed by atoms with Gasteiger partial charge in [-0.25, -0.2) is 4.39 Å². The lowest BCUT2D eigenvalue weighted by atomic mass is 10.0. The molecule has 0 spiro atoms. The molecule has 128 valence electrons. The van der Waals surface area contributed by atoms with Gasteiger partial charge < -0.3 is 19.5 Å². The van der Waals surface area contributed by atoms with Crippen LogP contribution in [0.3, 0.4) is 0 Å². The van der Waals surface area contributed by atoms with E-state index in [1.165, 1.54) is 19.2 Å². The van der Waals surface area contributed by atoms with Gasteiger partial charge in [-0.3, -0.25) is 0 Å². The predicted octanol–water partition coefficient (Wildman–Crippen LogP) is 3.60. The number of morpholine rings is 1. The minimum absolute atomic E-state index is 0.188. The van der Waals surface area contributed by atoms with E-state index in [9.17, 15) is 4.39 Å². The van der Waals surface area contributed by atoms with Crippen molar-refractivity contribution in [2.45, 2.75) is 12.2 Å². The zero-order valence-corrected chi connectivity index (χ0v) is 14.1. The molecule has 2 aromatic carbocycles. The molecule has 0 amide bonds. The van der Waals surface area contributed by atoms with Crippen molar-refractivity contribution < 1.29 is 18.6 Å². The summed E-state index contributed by atoms with van der Waals surface area (Å²) < 4.78 is 30.7. The van der Waals surface area contributed by atoms with E-state index in [4.69, 9.17) is 25.8 Å². The van der Waals surface area contributed by atoms with Crippen LogP contribution in [0.2, 0.25) is 5.02 Å². The van der Waals surface area contributed by atoms with Gasteiger partial charge in [0.25, 0.3) is 0 Å². The Morgan fingerprint density at radius 1 is 1.25 bits per heavy atom. The number of hydrogen-bond donors (Lipinski definition) is 1. The Balaban J connectivity index is 1.92. The molecule has 1 saturated heterocycles. The average molecular weight is 352 g/mol. The standard InChI is InChI=1S/C18H19ClFNO3/c1-22-16-10-14(20)5-6-15(16)24-18(17-11-21-7-8-23-17)12-3-2-4-13(19)9-12/h2-6,9-10,17-18,21H,7-8,11H2,1H3/t17-,18?/m0/s1. The van der Waals surface area contributed by atoms with Crippen LogP contribution in [-0.2, 0) is 4.74 Å². The largest absolute Gasteiger partial charge is 0.493 e. The van der Waals surface area contributed by atoms with Gasteiger partial charge in [-0.1, -0.05) is 23.7 Å². The Bertz CT molecular complexity index is 692. The van der Waals surface area contributed by atoms with E-state index in [1.807, 2.05) is 18.2 Å². The number of nitrogens with one attached hydrogen (secondary N) is 1. The Hall–Kier alpha value is -1.82. The van der Waals surface area contributed by atoms with Gasteiger partial charge >= 0.3 is 0 Å². The van der Waals surface area contributed by atoms with Crippen molar-refractivity contribution in [1.29, 1.82) is 0 Å². The van der Waals surface area contributed by atoms with Crippen molar-refractivity contribution in [3.05, 3.63) is 58.9 Å². The molecule has 1 heterocycles. The molecule has 6 heteroatoms. The van der Waals surface area contributed by atoms with Gasteiger partial charge in [-0.2, -0.15) is 0 Å². The van der Waals surface area contributed by atoms with Gasteiger partial charge in [0.2, 0.25) is 0 Å². The van der Waals surface area contributed by atoms with Crippen molar-refractivity contribution >= 4 is 11.6 Å². The molecule has 1 aliphatic heterocycles. The fraction of sp³-hybridized carbons (Fsp3) is 0.333. The zero-order valence-electron chi connectivity index (χ0n) is 13.3. The molecule has 2 atom stereocenters. The number of rotatable bonds is 5. The lowest BCUT2D eigenvalue weighted by molar-refractivity contribution is -0.0438. The first kappa shape index (κ1) is 17.0. The fourth-order valence-corrected chi connectivity index (χ4v) is 2.90. The first-order valence-electron chi connectivity index (χ1n) is 7.75. The molecule has 0 saturated carbocycles. The quantitative estimate of drug-likeness (QED) is 0.893. The van der Waals surface area contributed by atoms with Crippen LogP contribution in [0.4, 0.5) is 4.39 Å². The fourth-order valence-electron chi connectivity index (χ4n) is 2.70. The van der Waals surface area contributed by atoms with Crippen LogP contribution in [0.25, 0.3) is 0 Å². The maximum absolute atomic E-state index is 13.4. The third-order valence-corrected chi connectivity index (χ3v) is 4.09. The lowest BCUT2D eigenvalue weighted by Gasteiger charge is -2.32. The summed E-state index contributed by atoms with van der Waals surface area (Å²) in [7, 11) is 1.48. The van der Waals surface area contributed by atoms with Gasteiger partial charge in [0, 0.05) is 24.2 Å². The van der Waals surface area contributed by atoms with Crippen LogP contribution in [0.5, 0.6) is 11.5 Å². The summed E-state index contributed by atoms with van der Waals surface area (Å²) in [6, 6.07) is 11.6. The molecule has 3 rings (SSSR count). The number of ether oxygens (including phenoxy) is 3. The lowest BCUT2D eigenvalue weighted by Crippen LogP contribution is -2.43. The Morgan fingerprint density at radius 2 is 2.12 bits per heavy atom. The predicted molar refractivity (Wildman–Crippen MR) is 90.4 cm³/mol. The van der Waals surface area contributed by atoms with Crippen LogP contribution in [0.15, 0.2) is 42.5 Å². The summed E-state index contributed by atoms with van der Waals surface area (Å²) in [5.41, 5.74) is 0.891. The van der Waals surface area contributed by atoms with E-state index in [0.29, 0.717) is 29.7 Å². The van der Waals surface area contributed by atoms with E-state index in [0.717, 1.165) is 12.1 Å². The average Bonchev–Trinajstić information content (AvgIpc) is 2.61. The minimum Gasteiger partial charge on any atom is -0.493 e. The second-order valence-electron chi connectivity index (χ2n) is 5.50. The molecule has 0 radical (unpaired) electrons. The molecule has 1 unspecified atom stereocenters. The van der Waals surface area contributed by atoms with E-state index < -0.39 is 6.10 Å². The third-order valence-electron chi connectivity index (χ3n) is 3.85. The highest BCUT2D eigenvalue weighted by molar-refractivity contribution is 6.30. The Labute approximate surface area is 145 Å². The van der Waals surface area contributed by atoms with Gasteiger partial charge in [-0.05, 0) is 29.8 Å². The summed E-state index contributed by atoms with van der Waals surface area (Å²) in [5, 5.41) is 3.92. The van der Waals surface area contributed by atoms with E-state index >= 15 is 0 Å². The third kappa shape index (κ3) is 3.98. The molecule has 4 nitrogen and oxygen atoms in total. The molecule has 0 aromatic heterocycles. The number of halogens is 2. The smallest absolute Gasteiger partial charge is 0.163 e. The summed E-state index contributed by atoms with van der Waals surface area (Å²) in [6.45, 7) is 2.06. The topological polar surface area (TPSA) is 39.7 Å². The highest BCUT2D eigenvalue weighted by Gasteiger charge is 2.29. The minimum atomic E-state index is -0.393. The summed E-state index contributed by atoms with van der Waals surface area (Å²) >= 11 is 6.12. The van der Waals surface area contributed by atoms with Crippen LogP contribution >= 0.6 is 11.6 Å². The first-order chi connectivity index (χ1) is 11.7. The molecule has 1 N–H and O–H groups in total. The van der Waals surface area contributed by atoms with Gasteiger partial charge in [0.05, 0.1) is 13.7 Å². The molecular formula is C18H19ClFNO3. The molecule has 2 aromatic rings. The van der Waals surface area contributed by atoms with Gasteiger partial charge in [0.15, 0.2) is 17.6 Å². The monoisotopic (exact) mass is 351 g/mol. The van der Waals surface area contributed by atoms with Crippen LogP contribution in [-0.4, -0.2) is 32.9 Å².